The summed E-state index contributed by atoms with van der Waals surface area (Å²) in [6.07, 6.45) is 5.23. The van der Waals surface area contributed by atoms with E-state index in [9.17, 15) is 0 Å². The van der Waals surface area contributed by atoms with Gasteiger partial charge in [-0.15, -0.1) is 0 Å². The van der Waals surface area contributed by atoms with Crippen molar-refractivity contribution < 1.29 is 4.74 Å². The lowest BCUT2D eigenvalue weighted by atomic mass is 9.84. The van der Waals surface area contributed by atoms with Crippen LogP contribution in [0.3, 0.4) is 0 Å². The number of nitrogens with one attached hydrogen (secondary N) is 1. The minimum Gasteiger partial charge on any atom is -0.496 e. The molecule has 0 spiro atoms. The average Bonchev–Trinajstić information content (AvgIpc) is 2.89. The Bertz CT molecular complexity index is 469. The average molecular weight is 289 g/mol. The number of hydrogen-bond donors (Lipinski definition) is 1. The lowest BCUT2D eigenvalue weighted by molar-refractivity contribution is 0.292. The molecule has 1 aliphatic rings. The van der Waals surface area contributed by atoms with E-state index >= 15 is 0 Å². The summed E-state index contributed by atoms with van der Waals surface area (Å²) in [5.74, 6) is 2.61. The van der Waals surface area contributed by atoms with Crippen molar-refractivity contribution in [1.82, 2.24) is 5.32 Å². The summed E-state index contributed by atoms with van der Waals surface area (Å²) in [5, 5.41) is 3.80. The second-order valence-corrected chi connectivity index (χ2v) is 6.63. The van der Waals surface area contributed by atoms with E-state index in [2.05, 4.69) is 45.1 Å². The van der Waals surface area contributed by atoms with Gasteiger partial charge in [0.2, 0.25) is 0 Å². The molecule has 2 heteroatoms. The fourth-order valence-corrected chi connectivity index (χ4v) is 3.79. The van der Waals surface area contributed by atoms with Gasteiger partial charge in [-0.1, -0.05) is 38.8 Å². The summed E-state index contributed by atoms with van der Waals surface area (Å²) in [5.41, 5.74) is 3.95. The summed E-state index contributed by atoms with van der Waals surface area (Å²) in [4.78, 5) is 0. The van der Waals surface area contributed by atoms with Gasteiger partial charge in [-0.3, -0.25) is 0 Å². The number of ether oxygens (including phenoxy) is 1. The van der Waals surface area contributed by atoms with Crippen LogP contribution in [0.4, 0.5) is 0 Å². The van der Waals surface area contributed by atoms with Crippen LogP contribution in [0.15, 0.2) is 12.1 Å². The fraction of sp³-hybridized carbons (Fsp3) is 0.684. The highest BCUT2D eigenvalue weighted by atomic mass is 16.5. The SMILES string of the molecule is CCCNC(c1ccc(C)c(C)c1OC)C1CCCC1C. The summed E-state index contributed by atoms with van der Waals surface area (Å²) in [6, 6.07) is 4.95. The van der Waals surface area contributed by atoms with Crippen LogP contribution in [0.1, 0.15) is 62.3 Å². The molecule has 0 aliphatic heterocycles. The fourth-order valence-electron chi connectivity index (χ4n) is 3.79. The predicted molar refractivity (Wildman–Crippen MR) is 90.0 cm³/mol. The van der Waals surface area contributed by atoms with Crippen molar-refractivity contribution in [3.05, 3.63) is 28.8 Å². The van der Waals surface area contributed by atoms with E-state index in [1.807, 2.05) is 0 Å². The Hall–Kier alpha value is -1.02. The first kappa shape index (κ1) is 16.4. The lowest BCUT2D eigenvalue weighted by Crippen LogP contribution is -2.31. The van der Waals surface area contributed by atoms with Gasteiger partial charge in [-0.2, -0.15) is 0 Å². The molecule has 0 aromatic heterocycles. The van der Waals surface area contributed by atoms with Crippen molar-refractivity contribution in [2.75, 3.05) is 13.7 Å². The van der Waals surface area contributed by atoms with E-state index in [0.29, 0.717) is 6.04 Å². The molecule has 0 heterocycles. The Morgan fingerprint density at radius 1 is 1.29 bits per heavy atom. The van der Waals surface area contributed by atoms with Crippen LogP contribution in [-0.2, 0) is 0 Å². The van der Waals surface area contributed by atoms with Gasteiger partial charge in [0.1, 0.15) is 5.75 Å². The molecule has 1 fully saturated rings. The zero-order valence-corrected chi connectivity index (χ0v) is 14.3. The Morgan fingerprint density at radius 2 is 2.05 bits per heavy atom. The van der Waals surface area contributed by atoms with Crippen LogP contribution in [0, 0.1) is 25.7 Å². The Balaban J connectivity index is 2.38. The quantitative estimate of drug-likeness (QED) is 0.813. The van der Waals surface area contributed by atoms with E-state index in [1.165, 1.54) is 42.4 Å². The van der Waals surface area contributed by atoms with Gasteiger partial charge >= 0.3 is 0 Å². The molecule has 0 bridgehead atoms. The van der Waals surface area contributed by atoms with Crippen molar-refractivity contribution in [1.29, 1.82) is 0 Å². The van der Waals surface area contributed by atoms with Crippen LogP contribution in [0.25, 0.3) is 0 Å². The van der Waals surface area contributed by atoms with Gasteiger partial charge in [0.25, 0.3) is 0 Å². The highest BCUT2D eigenvalue weighted by Crippen LogP contribution is 2.43. The molecule has 0 amide bonds. The third kappa shape index (κ3) is 3.42. The van der Waals surface area contributed by atoms with Crippen LogP contribution in [0.5, 0.6) is 5.75 Å². The molecular formula is C19H31NO. The molecule has 3 unspecified atom stereocenters. The number of rotatable bonds is 6. The van der Waals surface area contributed by atoms with Crippen molar-refractivity contribution in [3.8, 4) is 5.75 Å². The van der Waals surface area contributed by atoms with Gasteiger partial charge in [-0.25, -0.2) is 0 Å². The molecular weight excluding hydrogens is 258 g/mol. The van der Waals surface area contributed by atoms with Crippen LogP contribution in [0.2, 0.25) is 0 Å². The first-order chi connectivity index (χ1) is 10.1. The molecule has 21 heavy (non-hydrogen) atoms. The molecule has 1 aromatic rings. The number of methoxy groups -OCH3 is 1. The zero-order chi connectivity index (χ0) is 15.4. The van der Waals surface area contributed by atoms with E-state index in [4.69, 9.17) is 4.74 Å². The van der Waals surface area contributed by atoms with Crippen molar-refractivity contribution in [3.63, 3.8) is 0 Å². The summed E-state index contributed by atoms with van der Waals surface area (Å²) >= 11 is 0. The van der Waals surface area contributed by atoms with E-state index in [-0.39, 0.29) is 0 Å². The maximum Gasteiger partial charge on any atom is 0.126 e. The molecule has 1 saturated carbocycles. The molecule has 1 N–H and O–H groups in total. The predicted octanol–water partition coefficient (Wildman–Crippen LogP) is 4.79. The number of aryl methyl sites for hydroxylation is 1. The topological polar surface area (TPSA) is 21.3 Å². The molecule has 3 atom stereocenters. The molecule has 0 saturated heterocycles. The van der Waals surface area contributed by atoms with E-state index < -0.39 is 0 Å². The monoisotopic (exact) mass is 289 g/mol. The van der Waals surface area contributed by atoms with Crippen LogP contribution in [-0.4, -0.2) is 13.7 Å². The maximum absolute atomic E-state index is 5.77. The maximum atomic E-state index is 5.77. The first-order valence-corrected chi connectivity index (χ1v) is 8.47. The molecule has 1 aliphatic carbocycles. The second kappa shape index (κ2) is 7.31. The summed E-state index contributed by atoms with van der Waals surface area (Å²) < 4.78 is 5.77. The number of hydrogen-bond acceptors (Lipinski definition) is 2. The number of benzene rings is 1. The molecule has 0 radical (unpaired) electrons. The largest absolute Gasteiger partial charge is 0.496 e. The second-order valence-electron chi connectivity index (χ2n) is 6.63. The normalized spacial score (nSPS) is 23.3. The highest BCUT2D eigenvalue weighted by molar-refractivity contribution is 5.47. The Kier molecular flexibility index (Phi) is 5.69. The minimum atomic E-state index is 0.428. The summed E-state index contributed by atoms with van der Waals surface area (Å²) in [6.45, 7) is 10.1. The third-order valence-electron chi connectivity index (χ3n) is 5.22. The van der Waals surface area contributed by atoms with Crippen molar-refractivity contribution in [2.45, 2.75) is 59.4 Å². The molecule has 118 valence electrons. The highest BCUT2D eigenvalue weighted by Gasteiger charge is 2.33. The molecule has 2 nitrogen and oxygen atoms in total. The van der Waals surface area contributed by atoms with Crippen molar-refractivity contribution >= 4 is 0 Å². The van der Waals surface area contributed by atoms with Crippen molar-refractivity contribution in [2.24, 2.45) is 11.8 Å². The van der Waals surface area contributed by atoms with Gasteiger partial charge in [-0.05, 0) is 56.2 Å². The lowest BCUT2D eigenvalue weighted by Gasteiger charge is -2.30. The Morgan fingerprint density at radius 3 is 2.62 bits per heavy atom. The van der Waals surface area contributed by atoms with Gasteiger partial charge in [0, 0.05) is 11.6 Å². The van der Waals surface area contributed by atoms with E-state index in [1.54, 1.807) is 7.11 Å². The minimum absolute atomic E-state index is 0.428. The molecule has 2 rings (SSSR count). The first-order valence-electron chi connectivity index (χ1n) is 8.47. The smallest absolute Gasteiger partial charge is 0.126 e. The van der Waals surface area contributed by atoms with Crippen LogP contribution < -0.4 is 10.1 Å². The zero-order valence-electron chi connectivity index (χ0n) is 14.3. The van der Waals surface area contributed by atoms with Gasteiger partial charge in [0.05, 0.1) is 7.11 Å². The molecule has 1 aromatic carbocycles. The van der Waals surface area contributed by atoms with Gasteiger partial charge in [0.15, 0.2) is 0 Å². The Labute approximate surface area is 130 Å². The standard InChI is InChI=1S/C19H31NO/c1-6-12-20-18(16-9-7-8-14(16)3)17-11-10-13(2)15(4)19(17)21-5/h10-11,14,16,18,20H,6-9,12H2,1-5H3. The van der Waals surface area contributed by atoms with E-state index in [0.717, 1.165) is 24.1 Å². The van der Waals surface area contributed by atoms with Gasteiger partial charge < -0.3 is 10.1 Å². The van der Waals surface area contributed by atoms with Crippen LogP contribution >= 0.6 is 0 Å². The summed E-state index contributed by atoms with van der Waals surface area (Å²) in [7, 11) is 1.81. The third-order valence-corrected chi connectivity index (χ3v) is 5.22.